The van der Waals surface area contributed by atoms with E-state index in [1.54, 1.807) is 0 Å². The van der Waals surface area contributed by atoms with Crippen molar-refractivity contribution >= 4 is 49.9 Å². The standard InChI is InChI=1S/C15H22BrIS/c1-2-3-5-11-6-4-7-12(11)8-9-13-10-14(17)18-15(13)16/h10-12H,2-9H2,1H3. The molecule has 2 atom stereocenters. The van der Waals surface area contributed by atoms with E-state index in [1.807, 2.05) is 11.3 Å². The van der Waals surface area contributed by atoms with Crippen molar-refractivity contribution < 1.29 is 0 Å². The van der Waals surface area contributed by atoms with E-state index in [-0.39, 0.29) is 0 Å². The maximum absolute atomic E-state index is 3.70. The van der Waals surface area contributed by atoms with Crippen molar-refractivity contribution in [3.8, 4) is 0 Å². The summed E-state index contributed by atoms with van der Waals surface area (Å²) in [6.07, 6.45) is 11.4. The molecule has 0 aliphatic heterocycles. The zero-order chi connectivity index (χ0) is 13.0. The zero-order valence-corrected chi connectivity index (χ0v) is 15.6. The van der Waals surface area contributed by atoms with E-state index in [0.717, 1.165) is 11.8 Å². The molecule has 0 aromatic carbocycles. The highest BCUT2D eigenvalue weighted by Gasteiger charge is 2.26. The van der Waals surface area contributed by atoms with Crippen LogP contribution in [0.15, 0.2) is 9.85 Å². The van der Waals surface area contributed by atoms with Gasteiger partial charge in [0.1, 0.15) is 0 Å². The first-order valence-corrected chi connectivity index (χ1v) is 9.83. The molecule has 1 aliphatic rings. The van der Waals surface area contributed by atoms with E-state index in [4.69, 9.17) is 0 Å². The molecule has 0 nitrogen and oxygen atoms in total. The van der Waals surface area contributed by atoms with Crippen molar-refractivity contribution in [1.82, 2.24) is 0 Å². The Kier molecular flexibility index (Phi) is 6.49. The van der Waals surface area contributed by atoms with Gasteiger partial charge >= 0.3 is 0 Å². The SMILES string of the molecule is CCCCC1CCCC1CCc1cc(I)sc1Br. The van der Waals surface area contributed by atoms with Gasteiger partial charge in [-0.1, -0.05) is 45.4 Å². The Labute approximate surface area is 137 Å². The Morgan fingerprint density at radius 3 is 2.67 bits per heavy atom. The van der Waals surface area contributed by atoms with Crippen LogP contribution in [0.3, 0.4) is 0 Å². The molecule has 102 valence electrons. The van der Waals surface area contributed by atoms with Gasteiger partial charge in [0, 0.05) is 0 Å². The molecule has 1 saturated carbocycles. The molecular weight excluding hydrogens is 419 g/mol. The highest BCUT2D eigenvalue weighted by atomic mass is 127. The molecule has 0 N–H and O–H groups in total. The van der Waals surface area contributed by atoms with Gasteiger partial charge in [-0.15, -0.1) is 11.3 Å². The molecule has 1 heterocycles. The summed E-state index contributed by atoms with van der Waals surface area (Å²) in [6.45, 7) is 2.31. The lowest BCUT2D eigenvalue weighted by atomic mass is 9.87. The predicted octanol–water partition coefficient (Wildman–Crippen LogP) is 6.65. The van der Waals surface area contributed by atoms with Gasteiger partial charge in [-0.2, -0.15) is 0 Å². The highest BCUT2D eigenvalue weighted by molar-refractivity contribution is 14.1. The van der Waals surface area contributed by atoms with Gasteiger partial charge in [-0.25, -0.2) is 0 Å². The van der Waals surface area contributed by atoms with Crippen molar-refractivity contribution in [2.24, 2.45) is 11.8 Å². The minimum atomic E-state index is 1.00. The Morgan fingerprint density at radius 1 is 1.33 bits per heavy atom. The summed E-state index contributed by atoms with van der Waals surface area (Å²) in [6, 6.07) is 2.35. The van der Waals surface area contributed by atoms with Crippen LogP contribution in [-0.4, -0.2) is 0 Å². The van der Waals surface area contributed by atoms with Crippen LogP contribution < -0.4 is 0 Å². The van der Waals surface area contributed by atoms with Gasteiger partial charge in [-0.3, -0.25) is 0 Å². The fourth-order valence-corrected chi connectivity index (χ4v) is 6.67. The van der Waals surface area contributed by atoms with Crippen molar-refractivity contribution in [2.75, 3.05) is 0 Å². The molecule has 1 aliphatic carbocycles. The molecule has 0 amide bonds. The molecule has 2 unspecified atom stereocenters. The average Bonchev–Trinajstić information content (AvgIpc) is 2.90. The van der Waals surface area contributed by atoms with Crippen LogP contribution in [0.2, 0.25) is 0 Å². The van der Waals surface area contributed by atoms with E-state index >= 15 is 0 Å². The van der Waals surface area contributed by atoms with Crippen molar-refractivity contribution in [1.29, 1.82) is 0 Å². The van der Waals surface area contributed by atoms with E-state index in [2.05, 4.69) is 51.5 Å². The molecule has 0 radical (unpaired) electrons. The smallest absolute Gasteiger partial charge is 0.0741 e. The van der Waals surface area contributed by atoms with Crippen molar-refractivity contribution in [3.63, 3.8) is 0 Å². The minimum Gasteiger partial charge on any atom is -0.122 e. The molecule has 18 heavy (non-hydrogen) atoms. The lowest BCUT2D eigenvalue weighted by Gasteiger charge is -2.19. The lowest BCUT2D eigenvalue weighted by molar-refractivity contribution is 0.336. The second-order valence-electron chi connectivity index (χ2n) is 5.48. The summed E-state index contributed by atoms with van der Waals surface area (Å²) in [5.74, 6) is 2.03. The van der Waals surface area contributed by atoms with Gasteiger partial charge < -0.3 is 0 Å². The molecule has 2 rings (SSSR count). The Balaban J connectivity index is 1.83. The van der Waals surface area contributed by atoms with Crippen molar-refractivity contribution in [2.45, 2.75) is 58.3 Å². The van der Waals surface area contributed by atoms with Gasteiger partial charge in [0.2, 0.25) is 0 Å². The summed E-state index contributed by atoms with van der Waals surface area (Å²) < 4.78 is 2.76. The van der Waals surface area contributed by atoms with Crippen LogP contribution in [0.25, 0.3) is 0 Å². The van der Waals surface area contributed by atoms with Gasteiger partial charge in [-0.05, 0) is 74.8 Å². The summed E-state index contributed by atoms with van der Waals surface area (Å²) in [5, 5.41) is 0. The second-order valence-corrected chi connectivity index (χ2v) is 9.75. The predicted molar refractivity (Wildman–Crippen MR) is 93.4 cm³/mol. The van der Waals surface area contributed by atoms with Crippen LogP contribution >= 0.6 is 49.9 Å². The van der Waals surface area contributed by atoms with E-state index in [0.29, 0.717) is 0 Å². The third kappa shape index (κ3) is 4.20. The molecule has 3 heteroatoms. The number of halogens is 2. The molecule has 1 aromatic rings. The first-order chi connectivity index (χ1) is 8.70. The van der Waals surface area contributed by atoms with Crippen LogP contribution in [0.5, 0.6) is 0 Å². The number of hydrogen-bond donors (Lipinski definition) is 0. The monoisotopic (exact) mass is 440 g/mol. The van der Waals surface area contributed by atoms with Gasteiger partial charge in [0.15, 0.2) is 0 Å². The largest absolute Gasteiger partial charge is 0.122 e. The number of aryl methyl sites for hydroxylation is 1. The van der Waals surface area contributed by atoms with E-state index in [1.165, 1.54) is 63.6 Å². The first-order valence-electron chi connectivity index (χ1n) is 7.14. The van der Waals surface area contributed by atoms with Crippen LogP contribution in [0.4, 0.5) is 0 Å². The second kappa shape index (κ2) is 7.63. The first kappa shape index (κ1) is 15.3. The fraction of sp³-hybridized carbons (Fsp3) is 0.733. The third-order valence-corrected chi connectivity index (χ3v) is 6.98. The molecule has 1 aromatic heterocycles. The maximum atomic E-state index is 3.70. The quantitative estimate of drug-likeness (QED) is 0.434. The summed E-state index contributed by atoms with van der Waals surface area (Å²) in [7, 11) is 0. The number of unbranched alkanes of at least 4 members (excludes halogenated alkanes) is 1. The molecule has 0 saturated heterocycles. The number of rotatable bonds is 6. The Morgan fingerprint density at radius 2 is 2.06 bits per heavy atom. The molecule has 0 spiro atoms. The Bertz CT molecular complexity index is 375. The molecule has 0 bridgehead atoms. The maximum Gasteiger partial charge on any atom is 0.0741 e. The molecule has 1 fully saturated rings. The normalized spacial score (nSPS) is 23.7. The van der Waals surface area contributed by atoms with Crippen LogP contribution in [0, 0.1) is 14.7 Å². The number of hydrogen-bond acceptors (Lipinski definition) is 1. The highest BCUT2D eigenvalue weighted by Crippen LogP contribution is 2.39. The van der Waals surface area contributed by atoms with Gasteiger partial charge in [0.05, 0.1) is 6.67 Å². The van der Waals surface area contributed by atoms with E-state index < -0.39 is 0 Å². The lowest BCUT2D eigenvalue weighted by Crippen LogP contribution is -2.09. The summed E-state index contributed by atoms with van der Waals surface area (Å²) in [5.41, 5.74) is 1.53. The fourth-order valence-electron chi connectivity index (χ4n) is 3.23. The molecular formula is C15H22BrIS. The Hall–Kier alpha value is 0.910. The third-order valence-electron chi connectivity index (χ3n) is 4.26. The average molecular weight is 441 g/mol. The summed E-state index contributed by atoms with van der Waals surface area (Å²) in [4.78, 5) is 0. The van der Waals surface area contributed by atoms with Crippen LogP contribution in [0.1, 0.15) is 57.4 Å². The number of thiophene rings is 1. The van der Waals surface area contributed by atoms with E-state index in [9.17, 15) is 0 Å². The summed E-state index contributed by atoms with van der Waals surface area (Å²) >= 11 is 7.99. The zero-order valence-electron chi connectivity index (χ0n) is 11.1. The minimum absolute atomic E-state index is 1.00. The van der Waals surface area contributed by atoms with Crippen LogP contribution in [-0.2, 0) is 6.42 Å². The topological polar surface area (TPSA) is 0 Å². The van der Waals surface area contributed by atoms with Gasteiger partial charge in [0.25, 0.3) is 0 Å². The van der Waals surface area contributed by atoms with Crippen molar-refractivity contribution in [3.05, 3.63) is 18.3 Å².